The molecule has 2 aromatic carbocycles. The zero-order chi connectivity index (χ0) is 16.7. The van der Waals surface area contributed by atoms with Gasteiger partial charge in [0.2, 0.25) is 0 Å². The summed E-state index contributed by atoms with van der Waals surface area (Å²) in [5.74, 6) is 1.35. The topological polar surface area (TPSA) is 40.0 Å². The highest BCUT2D eigenvalue weighted by atomic mass is 35.5. The molecule has 0 bridgehead atoms. The number of hydrogen-bond donors (Lipinski definition) is 0. The Morgan fingerprint density at radius 3 is 2.57 bits per heavy atom. The van der Waals surface area contributed by atoms with Crippen molar-refractivity contribution in [3.8, 4) is 11.5 Å². The van der Waals surface area contributed by atoms with E-state index in [1.54, 1.807) is 25.5 Å². The van der Waals surface area contributed by atoms with Crippen LogP contribution in [0, 0.1) is 0 Å². The summed E-state index contributed by atoms with van der Waals surface area (Å²) in [4.78, 5) is 5.27. The second-order valence-corrected chi connectivity index (χ2v) is 5.41. The van der Waals surface area contributed by atoms with Crippen LogP contribution in [0.2, 0.25) is 10.0 Å². The van der Waals surface area contributed by atoms with E-state index in [2.05, 4.69) is 5.16 Å². The molecule has 0 aromatic heterocycles. The molecule has 0 spiro atoms. The van der Waals surface area contributed by atoms with Crippen molar-refractivity contribution in [1.29, 1.82) is 0 Å². The Hall–Kier alpha value is -1.91. The third-order valence-corrected chi connectivity index (χ3v) is 3.72. The lowest BCUT2D eigenvalue weighted by Gasteiger charge is -2.09. The minimum atomic E-state index is 0.307. The fraction of sp³-hybridized carbons (Fsp3) is 0.235. The summed E-state index contributed by atoms with van der Waals surface area (Å²) in [5.41, 5.74) is 1.74. The second-order valence-electron chi connectivity index (χ2n) is 4.60. The van der Waals surface area contributed by atoms with Crippen LogP contribution in [-0.2, 0) is 11.4 Å². The molecule has 0 saturated carbocycles. The van der Waals surface area contributed by atoms with E-state index in [0.717, 1.165) is 11.1 Å². The molecule has 0 aliphatic carbocycles. The number of methoxy groups -OCH3 is 1. The van der Waals surface area contributed by atoms with Crippen LogP contribution in [0.25, 0.3) is 0 Å². The van der Waals surface area contributed by atoms with Crippen LogP contribution >= 0.6 is 23.2 Å². The van der Waals surface area contributed by atoms with Gasteiger partial charge in [-0.05, 0) is 42.8 Å². The molecular weight excluding hydrogens is 337 g/mol. The maximum absolute atomic E-state index is 5.94. The average molecular weight is 354 g/mol. The van der Waals surface area contributed by atoms with E-state index in [0.29, 0.717) is 34.8 Å². The monoisotopic (exact) mass is 353 g/mol. The van der Waals surface area contributed by atoms with E-state index in [1.807, 2.05) is 31.2 Å². The van der Waals surface area contributed by atoms with Crippen LogP contribution in [0.4, 0.5) is 0 Å². The predicted molar refractivity (Wildman–Crippen MR) is 93.0 cm³/mol. The van der Waals surface area contributed by atoms with Gasteiger partial charge in [0.25, 0.3) is 0 Å². The van der Waals surface area contributed by atoms with Crippen molar-refractivity contribution in [3.05, 3.63) is 57.6 Å². The average Bonchev–Trinajstić information content (AvgIpc) is 2.56. The van der Waals surface area contributed by atoms with Crippen molar-refractivity contribution >= 4 is 29.4 Å². The number of ether oxygens (including phenoxy) is 2. The number of oxime groups is 1. The third-order valence-electron chi connectivity index (χ3n) is 2.98. The maximum atomic E-state index is 5.94. The highest BCUT2D eigenvalue weighted by molar-refractivity contribution is 6.42. The zero-order valence-corrected chi connectivity index (χ0v) is 14.4. The zero-order valence-electron chi connectivity index (χ0n) is 12.9. The van der Waals surface area contributed by atoms with Crippen LogP contribution in [0.5, 0.6) is 11.5 Å². The Labute approximate surface area is 145 Å². The highest BCUT2D eigenvalue weighted by Crippen LogP contribution is 2.27. The van der Waals surface area contributed by atoms with Gasteiger partial charge >= 0.3 is 0 Å². The van der Waals surface area contributed by atoms with Gasteiger partial charge in [-0.15, -0.1) is 0 Å². The van der Waals surface area contributed by atoms with E-state index in [9.17, 15) is 0 Å². The normalized spacial score (nSPS) is 10.8. The quantitative estimate of drug-likeness (QED) is 0.522. The fourth-order valence-corrected chi connectivity index (χ4v) is 2.20. The van der Waals surface area contributed by atoms with Gasteiger partial charge in [0.05, 0.1) is 30.0 Å². The van der Waals surface area contributed by atoms with E-state index in [4.69, 9.17) is 37.5 Å². The lowest BCUT2D eigenvalue weighted by atomic mass is 10.2. The molecule has 23 heavy (non-hydrogen) atoms. The predicted octanol–water partition coefficient (Wildman–Crippen LogP) is 4.95. The van der Waals surface area contributed by atoms with Crippen molar-refractivity contribution < 1.29 is 14.3 Å². The Kier molecular flexibility index (Phi) is 6.56. The van der Waals surface area contributed by atoms with Gasteiger partial charge in [-0.1, -0.05) is 34.4 Å². The molecule has 0 heterocycles. The first-order valence-corrected chi connectivity index (χ1v) is 7.79. The van der Waals surface area contributed by atoms with Gasteiger partial charge in [-0.3, -0.25) is 0 Å². The molecule has 4 nitrogen and oxygen atoms in total. The van der Waals surface area contributed by atoms with Crippen molar-refractivity contribution in [3.63, 3.8) is 0 Å². The Morgan fingerprint density at radius 2 is 1.87 bits per heavy atom. The number of halogens is 2. The van der Waals surface area contributed by atoms with E-state index in [-0.39, 0.29) is 0 Å². The smallest absolute Gasteiger partial charge is 0.161 e. The molecule has 0 aliphatic rings. The molecule has 0 unspecified atom stereocenters. The standard InChI is InChI=1S/C17H17Cl2NO3/c1-3-22-16-7-5-12(9-17(16)21-2)10-20-23-11-13-4-6-14(18)15(19)8-13/h4-10H,3,11H2,1-2H3. The number of hydrogen-bond acceptors (Lipinski definition) is 4. The molecule has 0 aliphatic heterocycles. The lowest BCUT2D eigenvalue weighted by Crippen LogP contribution is -1.96. The molecule has 122 valence electrons. The van der Waals surface area contributed by atoms with Crippen molar-refractivity contribution in [2.45, 2.75) is 13.5 Å². The minimum Gasteiger partial charge on any atom is -0.493 e. The Morgan fingerprint density at radius 1 is 1.04 bits per heavy atom. The molecule has 2 rings (SSSR count). The fourth-order valence-electron chi connectivity index (χ4n) is 1.88. The molecule has 2 aromatic rings. The first-order chi connectivity index (χ1) is 11.1. The largest absolute Gasteiger partial charge is 0.493 e. The SMILES string of the molecule is CCOc1ccc(C=NOCc2ccc(Cl)c(Cl)c2)cc1OC. The lowest BCUT2D eigenvalue weighted by molar-refractivity contribution is 0.132. The second kappa shape index (κ2) is 8.65. The van der Waals surface area contributed by atoms with Gasteiger partial charge in [0.1, 0.15) is 6.61 Å². The minimum absolute atomic E-state index is 0.307. The van der Waals surface area contributed by atoms with Gasteiger partial charge in [0, 0.05) is 5.56 Å². The number of nitrogens with zero attached hydrogens (tertiary/aromatic N) is 1. The summed E-state index contributed by atoms with van der Waals surface area (Å²) in [6.45, 7) is 2.81. The van der Waals surface area contributed by atoms with E-state index < -0.39 is 0 Å². The van der Waals surface area contributed by atoms with Crippen LogP contribution in [0.3, 0.4) is 0 Å². The maximum Gasteiger partial charge on any atom is 0.161 e. The first kappa shape index (κ1) is 17.4. The Balaban J connectivity index is 1.96. The van der Waals surface area contributed by atoms with Crippen molar-refractivity contribution in [1.82, 2.24) is 0 Å². The number of benzene rings is 2. The molecule has 0 amide bonds. The first-order valence-electron chi connectivity index (χ1n) is 7.04. The van der Waals surface area contributed by atoms with Gasteiger partial charge in [-0.25, -0.2) is 0 Å². The summed E-state index contributed by atoms with van der Waals surface area (Å²) < 4.78 is 10.7. The number of rotatable bonds is 7. The molecule has 0 atom stereocenters. The van der Waals surface area contributed by atoms with Gasteiger partial charge in [-0.2, -0.15) is 0 Å². The van der Waals surface area contributed by atoms with Crippen LogP contribution < -0.4 is 9.47 Å². The molecule has 0 radical (unpaired) electrons. The van der Waals surface area contributed by atoms with E-state index >= 15 is 0 Å². The molecule has 0 N–H and O–H groups in total. The van der Waals surface area contributed by atoms with Crippen LogP contribution in [0.1, 0.15) is 18.1 Å². The van der Waals surface area contributed by atoms with E-state index in [1.165, 1.54) is 0 Å². The van der Waals surface area contributed by atoms with Crippen molar-refractivity contribution in [2.24, 2.45) is 5.16 Å². The van der Waals surface area contributed by atoms with Crippen LogP contribution in [0.15, 0.2) is 41.6 Å². The third kappa shape index (κ3) is 5.05. The molecule has 0 fully saturated rings. The molecular formula is C17H17Cl2NO3. The summed E-state index contributed by atoms with van der Waals surface area (Å²) in [6, 6.07) is 10.9. The Bertz CT molecular complexity index is 690. The summed E-state index contributed by atoms with van der Waals surface area (Å²) in [5, 5.41) is 4.95. The summed E-state index contributed by atoms with van der Waals surface area (Å²) in [6.07, 6.45) is 1.61. The van der Waals surface area contributed by atoms with Gasteiger partial charge < -0.3 is 14.3 Å². The summed E-state index contributed by atoms with van der Waals surface area (Å²) >= 11 is 11.8. The van der Waals surface area contributed by atoms with Crippen molar-refractivity contribution in [2.75, 3.05) is 13.7 Å². The van der Waals surface area contributed by atoms with Crippen LogP contribution in [-0.4, -0.2) is 19.9 Å². The van der Waals surface area contributed by atoms with Gasteiger partial charge in [0.15, 0.2) is 11.5 Å². The summed E-state index contributed by atoms with van der Waals surface area (Å²) in [7, 11) is 1.60. The highest BCUT2D eigenvalue weighted by Gasteiger charge is 2.04. The molecule has 6 heteroatoms. The molecule has 0 saturated heterocycles.